The fourth-order valence-corrected chi connectivity index (χ4v) is 3.21. The Hall–Kier alpha value is -3.08. The number of nitrogens with one attached hydrogen (secondary N) is 2. The van der Waals surface area contributed by atoms with Crippen LogP contribution in [-0.2, 0) is 14.3 Å². The Morgan fingerprint density at radius 1 is 1.15 bits per heavy atom. The molecule has 8 nitrogen and oxygen atoms in total. The van der Waals surface area contributed by atoms with Gasteiger partial charge in [-0.2, -0.15) is 5.26 Å². The van der Waals surface area contributed by atoms with Gasteiger partial charge in [-0.15, -0.1) is 0 Å². The standard InChI is InChI=1S/C25H38N4O4/c1-8-9-15-27-22(30)21(19-12-10-18(4)11-13-19)29(16-14-26)23(31)20(17(2)3)28-24(32)33-25(5,6)7/h10-13,17,20-21H,8-9,15-16H2,1-7H3,(H,27,30)(H,28,32). The van der Waals surface area contributed by atoms with Gasteiger partial charge < -0.3 is 20.3 Å². The van der Waals surface area contributed by atoms with Gasteiger partial charge in [0, 0.05) is 6.54 Å². The van der Waals surface area contributed by atoms with Crippen LogP contribution in [0.3, 0.4) is 0 Å². The van der Waals surface area contributed by atoms with E-state index in [0.717, 1.165) is 18.4 Å². The van der Waals surface area contributed by atoms with Crippen LogP contribution in [0.1, 0.15) is 71.6 Å². The van der Waals surface area contributed by atoms with Gasteiger partial charge in [0.1, 0.15) is 24.2 Å². The van der Waals surface area contributed by atoms with Gasteiger partial charge in [0.05, 0.1) is 6.07 Å². The minimum atomic E-state index is -1.00. The van der Waals surface area contributed by atoms with Gasteiger partial charge in [-0.1, -0.05) is 57.0 Å². The zero-order chi connectivity index (χ0) is 25.2. The molecule has 2 atom stereocenters. The summed E-state index contributed by atoms with van der Waals surface area (Å²) in [7, 11) is 0. The average Bonchev–Trinajstić information content (AvgIpc) is 2.71. The summed E-state index contributed by atoms with van der Waals surface area (Å²) in [4.78, 5) is 40.4. The number of hydrogen-bond donors (Lipinski definition) is 2. The highest BCUT2D eigenvalue weighted by molar-refractivity contribution is 5.92. The zero-order valence-electron chi connectivity index (χ0n) is 20.9. The average molecular weight is 459 g/mol. The number of carbonyl (C=O) groups is 3. The SMILES string of the molecule is CCCCNC(=O)C(c1ccc(C)cc1)N(CC#N)C(=O)C(NC(=O)OC(C)(C)C)C(C)C. The minimum absolute atomic E-state index is 0.298. The molecule has 3 amide bonds. The second kappa shape index (κ2) is 12.8. The van der Waals surface area contributed by atoms with E-state index in [0.29, 0.717) is 12.1 Å². The third-order valence-corrected chi connectivity index (χ3v) is 4.91. The number of unbranched alkanes of at least 4 members (excludes halogenated alkanes) is 1. The summed E-state index contributed by atoms with van der Waals surface area (Å²) in [6.07, 6.45) is 0.976. The highest BCUT2D eigenvalue weighted by atomic mass is 16.6. The highest BCUT2D eigenvalue weighted by Crippen LogP contribution is 2.24. The maximum absolute atomic E-state index is 13.6. The number of hydrogen-bond acceptors (Lipinski definition) is 5. The number of alkyl carbamates (subject to hydrolysis) is 1. The lowest BCUT2D eigenvalue weighted by atomic mass is 9.98. The van der Waals surface area contributed by atoms with Crippen molar-refractivity contribution < 1.29 is 19.1 Å². The summed E-state index contributed by atoms with van der Waals surface area (Å²) in [5.41, 5.74) is 0.872. The summed E-state index contributed by atoms with van der Waals surface area (Å²) in [6.45, 7) is 12.9. The van der Waals surface area contributed by atoms with Crippen LogP contribution in [0.15, 0.2) is 24.3 Å². The molecule has 0 aliphatic carbocycles. The van der Waals surface area contributed by atoms with Gasteiger partial charge in [0.2, 0.25) is 11.8 Å². The van der Waals surface area contributed by atoms with Gasteiger partial charge in [0.25, 0.3) is 0 Å². The number of rotatable bonds is 10. The van der Waals surface area contributed by atoms with Crippen LogP contribution < -0.4 is 10.6 Å². The van der Waals surface area contributed by atoms with E-state index in [4.69, 9.17) is 4.74 Å². The highest BCUT2D eigenvalue weighted by Gasteiger charge is 2.37. The van der Waals surface area contributed by atoms with Crippen LogP contribution in [0.4, 0.5) is 4.79 Å². The lowest BCUT2D eigenvalue weighted by Crippen LogP contribution is -2.55. The first kappa shape index (κ1) is 28.0. The van der Waals surface area contributed by atoms with E-state index in [1.165, 1.54) is 4.90 Å². The lowest BCUT2D eigenvalue weighted by molar-refractivity contribution is -0.142. The number of nitriles is 1. The van der Waals surface area contributed by atoms with Crippen molar-refractivity contribution in [2.24, 2.45) is 5.92 Å². The molecule has 0 fully saturated rings. The number of benzene rings is 1. The van der Waals surface area contributed by atoms with Crippen molar-refractivity contribution in [3.05, 3.63) is 35.4 Å². The van der Waals surface area contributed by atoms with Gasteiger partial charge in [-0.05, 0) is 45.6 Å². The van der Waals surface area contributed by atoms with Crippen LogP contribution in [0, 0.1) is 24.2 Å². The smallest absolute Gasteiger partial charge is 0.408 e. The van der Waals surface area contributed by atoms with Crippen LogP contribution in [0.25, 0.3) is 0 Å². The molecule has 0 radical (unpaired) electrons. The molecule has 1 rings (SSSR count). The minimum Gasteiger partial charge on any atom is -0.444 e. The Bertz CT molecular complexity index is 837. The molecule has 33 heavy (non-hydrogen) atoms. The van der Waals surface area contributed by atoms with E-state index in [-0.39, 0.29) is 18.4 Å². The van der Waals surface area contributed by atoms with Crippen molar-refractivity contribution >= 4 is 17.9 Å². The van der Waals surface area contributed by atoms with E-state index >= 15 is 0 Å². The largest absolute Gasteiger partial charge is 0.444 e. The Labute approximate surface area is 197 Å². The molecule has 0 saturated carbocycles. The number of ether oxygens (including phenoxy) is 1. The first-order chi connectivity index (χ1) is 15.4. The predicted molar refractivity (Wildman–Crippen MR) is 127 cm³/mol. The van der Waals surface area contributed by atoms with E-state index in [9.17, 15) is 19.6 Å². The normalized spacial score (nSPS) is 12.9. The number of amides is 3. The third kappa shape index (κ3) is 9.13. The van der Waals surface area contributed by atoms with Gasteiger partial charge in [0.15, 0.2) is 0 Å². The van der Waals surface area contributed by atoms with Crippen molar-refractivity contribution in [2.75, 3.05) is 13.1 Å². The molecule has 1 aromatic carbocycles. The summed E-state index contributed by atoms with van der Waals surface area (Å²) in [5, 5.41) is 15.0. The van der Waals surface area contributed by atoms with Crippen molar-refractivity contribution in [3.8, 4) is 6.07 Å². The molecule has 2 unspecified atom stereocenters. The summed E-state index contributed by atoms with van der Waals surface area (Å²) in [6, 6.07) is 7.30. The summed E-state index contributed by atoms with van der Waals surface area (Å²) < 4.78 is 5.31. The Morgan fingerprint density at radius 3 is 2.24 bits per heavy atom. The first-order valence-electron chi connectivity index (χ1n) is 11.4. The molecule has 0 aliphatic rings. The van der Waals surface area contributed by atoms with Crippen molar-refractivity contribution in [1.82, 2.24) is 15.5 Å². The second-order valence-corrected chi connectivity index (χ2v) is 9.45. The monoisotopic (exact) mass is 458 g/mol. The van der Waals surface area contributed by atoms with E-state index < -0.39 is 29.7 Å². The summed E-state index contributed by atoms with van der Waals surface area (Å²) >= 11 is 0. The van der Waals surface area contributed by atoms with Gasteiger partial charge in [-0.25, -0.2) is 4.79 Å². The molecule has 182 valence electrons. The first-order valence-corrected chi connectivity index (χ1v) is 11.4. The number of carbonyl (C=O) groups excluding carboxylic acids is 3. The molecule has 8 heteroatoms. The number of aryl methyl sites for hydroxylation is 1. The van der Waals surface area contributed by atoms with E-state index in [1.807, 2.05) is 32.0 Å². The van der Waals surface area contributed by atoms with Crippen LogP contribution in [-0.4, -0.2) is 47.5 Å². The maximum atomic E-state index is 13.6. The van der Waals surface area contributed by atoms with Crippen molar-refractivity contribution in [3.63, 3.8) is 0 Å². The van der Waals surface area contributed by atoms with E-state index in [1.54, 1.807) is 46.8 Å². The van der Waals surface area contributed by atoms with E-state index in [2.05, 4.69) is 10.6 Å². The topological polar surface area (TPSA) is 112 Å². The lowest BCUT2D eigenvalue weighted by Gasteiger charge is -2.34. The molecule has 1 aromatic rings. The molecule has 0 spiro atoms. The molecule has 2 N–H and O–H groups in total. The van der Waals surface area contributed by atoms with Crippen LogP contribution in [0.5, 0.6) is 0 Å². The second-order valence-electron chi connectivity index (χ2n) is 9.45. The Morgan fingerprint density at radius 2 is 1.76 bits per heavy atom. The molecule has 0 bridgehead atoms. The molecular formula is C25H38N4O4. The fraction of sp³-hybridized carbons (Fsp3) is 0.600. The van der Waals surface area contributed by atoms with Crippen LogP contribution >= 0.6 is 0 Å². The summed E-state index contributed by atoms with van der Waals surface area (Å²) in [5.74, 6) is -1.18. The van der Waals surface area contributed by atoms with Gasteiger partial charge >= 0.3 is 6.09 Å². The quantitative estimate of drug-likeness (QED) is 0.409. The Balaban J connectivity index is 3.34. The molecule has 0 saturated heterocycles. The van der Waals surface area contributed by atoms with Crippen molar-refractivity contribution in [2.45, 2.75) is 79.0 Å². The Kier molecular flexibility index (Phi) is 10.9. The molecule has 0 aliphatic heterocycles. The van der Waals surface area contributed by atoms with Crippen LogP contribution in [0.2, 0.25) is 0 Å². The predicted octanol–water partition coefficient (Wildman–Crippen LogP) is 3.85. The molecule has 0 heterocycles. The van der Waals surface area contributed by atoms with Crippen molar-refractivity contribution in [1.29, 1.82) is 5.26 Å². The zero-order valence-corrected chi connectivity index (χ0v) is 20.9. The van der Waals surface area contributed by atoms with Gasteiger partial charge in [-0.3, -0.25) is 9.59 Å². The molecule has 0 aromatic heterocycles. The fourth-order valence-electron chi connectivity index (χ4n) is 3.21. The maximum Gasteiger partial charge on any atom is 0.408 e. The number of nitrogens with zero attached hydrogens (tertiary/aromatic N) is 2. The third-order valence-electron chi connectivity index (χ3n) is 4.91. The molecular weight excluding hydrogens is 420 g/mol.